The van der Waals surface area contributed by atoms with Gasteiger partial charge in [-0.25, -0.2) is 0 Å². The lowest BCUT2D eigenvalue weighted by Crippen LogP contribution is -2.33. The molecule has 2 aromatic heterocycles. The van der Waals surface area contributed by atoms with Crippen LogP contribution in [0.15, 0.2) is 85.0 Å². The predicted octanol–water partition coefficient (Wildman–Crippen LogP) is 4.98. The van der Waals surface area contributed by atoms with Gasteiger partial charge >= 0.3 is 0 Å². The van der Waals surface area contributed by atoms with Crippen molar-refractivity contribution in [1.29, 1.82) is 0 Å². The number of allylic oxidation sites excluding steroid dienone is 3. The molecule has 2 heterocycles. The summed E-state index contributed by atoms with van der Waals surface area (Å²) in [5, 5.41) is 7.15. The zero-order valence-corrected chi connectivity index (χ0v) is 18.4. The molecule has 3 rings (SSSR count). The minimum Gasteiger partial charge on any atom is -0.492 e. The maximum atomic E-state index is 13.1. The normalized spacial score (nSPS) is 12.5. The molecule has 0 atom stereocenters. The van der Waals surface area contributed by atoms with Crippen molar-refractivity contribution in [1.82, 2.24) is 14.8 Å². The fraction of sp³-hybridized carbons (Fsp3) is 0.240. The third-order valence-corrected chi connectivity index (χ3v) is 5.05. The molecule has 0 saturated heterocycles. The van der Waals surface area contributed by atoms with Gasteiger partial charge in [-0.1, -0.05) is 36.4 Å². The number of nitrogens with zero attached hydrogens (tertiary/aromatic N) is 3. The molecule has 0 radical (unpaired) electrons. The van der Waals surface area contributed by atoms with Crippen molar-refractivity contribution in [2.45, 2.75) is 27.4 Å². The second-order valence-electron chi connectivity index (χ2n) is 7.82. The molecule has 0 bridgehead atoms. The first-order valence-electron chi connectivity index (χ1n) is 10.1. The Hall–Kier alpha value is -3.67. The van der Waals surface area contributed by atoms with Gasteiger partial charge in [0.2, 0.25) is 5.91 Å². The van der Waals surface area contributed by atoms with Gasteiger partial charge in [0.15, 0.2) is 0 Å². The van der Waals surface area contributed by atoms with Crippen LogP contribution in [-0.2, 0) is 23.2 Å². The lowest BCUT2D eigenvalue weighted by molar-refractivity contribution is -0.124. The summed E-state index contributed by atoms with van der Waals surface area (Å²) in [4.78, 5) is 17.2. The molecule has 0 saturated carbocycles. The third-order valence-electron chi connectivity index (χ3n) is 5.05. The van der Waals surface area contributed by atoms with Gasteiger partial charge in [0.1, 0.15) is 17.8 Å². The zero-order valence-electron chi connectivity index (χ0n) is 18.4. The topological polar surface area (TPSA) is 69.0 Å². The van der Waals surface area contributed by atoms with E-state index in [1.807, 2.05) is 87.1 Å². The Labute approximate surface area is 183 Å². The van der Waals surface area contributed by atoms with E-state index in [9.17, 15) is 4.79 Å². The van der Waals surface area contributed by atoms with Crippen LogP contribution in [0.4, 0.5) is 5.69 Å². The molecule has 6 heteroatoms. The van der Waals surface area contributed by atoms with Crippen LogP contribution in [0.25, 0.3) is 5.57 Å². The molecular formula is C25H28N4O2. The maximum Gasteiger partial charge on any atom is 0.237 e. The molecule has 1 N–H and O–H groups in total. The van der Waals surface area contributed by atoms with Crippen molar-refractivity contribution >= 4 is 17.2 Å². The molecule has 0 fully saturated rings. The van der Waals surface area contributed by atoms with Crippen LogP contribution < -0.4 is 5.32 Å². The first kappa shape index (κ1) is 22.0. The number of hydrogen-bond donors (Lipinski definition) is 1. The van der Waals surface area contributed by atoms with Crippen molar-refractivity contribution in [3.05, 3.63) is 96.3 Å². The average molecular weight is 417 g/mol. The number of carbonyl (C=O) groups excluding carboxylic acids is 1. The van der Waals surface area contributed by atoms with E-state index in [0.29, 0.717) is 18.1 Å². The van der Waals surface area contributed by atoms with Gasteiger partial charge in [-0.05, 0) is 56.2 Å². The Morgan fingerprint density at radius 1 is 1.10 bits per heavy atom. The second-order valence-corrected chi connectivity index (χ2v) is 7.82. The Morgan fingerprint density at radius 3 is 2.52 bits per heavy atom. The molecule has 0 unspecified atom stereocenters. The Bertz CT molecular complexity index is 1070. The number of pyridine rings is 1. The number of anilines is 1. The Morgan fingerprint density at radius 2 is 1.87 bits per heavy atom. The van der Waals surface area contributed by atoms with Gasteiger partial charge in [0, 0.05) is 19.4 Å². The first-order valence-corrected chi connectivity index (χ1v) is 10.1. The van der Waals surface area contributed by atoms with E-state index < -0.39 is 5.41 Å². The number of nitrogens with one attached hydrogen (secondary N) is 1. The largest absolute Gasteiger partial charge is 0.492 e. The first-order chi connectivity index (χ1) is 14.9. The van der Waals surface area contributed by atoms with Crippen molar-refractivity contribution < 1.29 is 9.53 Å². The fourth-order valence-corrected chi connectivity index (χ4v) is 3.05. The molecule has 31 heavy (non-hydrogen) atoms. The van der Waals surface area contributed by atoms with Crippen molar-refractivity contribution in [3.63, 3.8) is 0 Å². The summed E-state index contributed by atoms with van der Waals surface area (Å²) in [5.41, 5.74) is 2.78. The van der Waals surface area contributed by atoms with E-state index in [0.717, 1.165) is 16.8 Å². The predicted molar refractivity (Wildman–Crippen MR) is 123 cm³/mol. The van der Waals surface area contributed by atoms with Gasteiger partial charge in [-0.15, -0.1) is 0 Å². The molecule has 0 aliphatic heterocycles. The summed E-state index contributed by atoms with van der Waals surface area (Å²) < 4.78 is 7.98. The second kappa shape index (κ2) is 9.89. The third kappa shape index (κ3) is 5.69. The van der Waals surface area contributed by atoms with E-state index in [2.05, 4.69) is 15.4 Å². The van der Waals surface area contributed by atoms with Crippen LogP contribution in [-0.4, -0.2) is 20.7 Å². The maximum absolute atomic E-state index is 13.1. The van der Waals surface area contributed by atoms with Gasteiger partial charge < -0.3 is 10.1 Å². The molecule has 0 aliphatic carbocycles. The highest BCUT2D eigenvalue weighted by molar-refractivity contribution is 5.96. The van der Waals surface area contributed by atoms with Crippen LogP contribution in [0.2, 0.25) is 0 Å². The van der Waals surface area contributed by atoms with E-state index in [4.69, 9.17) is 4.74 Å². The monoisotopic (exact) mass is 416 g/mol. The highest BCUT2D eigenvalue weighted by atomic mass is 16.5. The van der Waals surface area contributed by atoms with Gasteiger partial charge in [-0.3, -0.25) is 14.5 Å². The summed E-state index contributed by atoms with van der Waals surface area (Å²) in [5.74, 6) is 0.394. The van der Waals surface area contributed by atoms with E-state index in [1.165, 1.54) is 0 Å². The van der Waals surface area contributed by atoms with Crippen LogP contribution in [0.1, 0.15) is 32.0 Å². The van der Waals surface area contributed by atoms with Gasteiger partial charge in [0.05, 0.1) is 17.6 Å². The molecule has 1 aromatic carbocycles. The van der Waals surface area contributed by atoms with Crippen molar-refractivity contribution in [2.24, 2.45) is 12.5 Å². The lowest BCUT2D eigenvalue weighted by Gasteiger charge is -2.27. The lowest BCUT2D eigenvalue weighted by atomic mass is 9.88. The Balaban J connectivity index is 1.87. The molecule has 6 nitrogen and oxygen atoms in total. The molecule has 3 aromatic rings. The molecule has 160 valence electrons. The van der Waals surface area contributed by atoms with E-state index >= 15 is 0 Å². The quantitative estimate of drug-likeness (QED) is 0.415. The van der Waals surface area contributed by atoms with Crippen molar-refractivity contribution in [3.8, 4) is 0 Å². The highest BCUT2D eigenvalue weighted by Crippen LogP contribution is 2.30. The van der Waals surface area contributed by atoms with Crippen LogP contribution in [0, 0.1) is 5.41 Å². The van der Waals surface area contributed by atoms with Crippen LogP contribution in [0.3, 0.4) is 0 Å². The average Bonchev–Trinajstić information content (AvgIpc) is 3.20. The van der Waals surface area contributed by atoms with E-state index in [1.54, 1.807) is 24.7 Å². The summed E-state index contributed by atoms with van der Waals surface area (Å²) >= 11 is 0. The van der Waals surface area contributed by atoms with Gasteiger partial charge in [-0.2, -0.15) is 5.10 Å². The molecule has 1 amide bonds. The highest BCUT2D eigenvalue weighted by Gasteiger charge is 2.34. The van der Waals surface area contributed by atoms with Crippen LogP contribution >= 0.6 is 0 Å². The molecule has 0 spiro atoms. The SMILES string of the molecule is C/C(=C\C=C(\OCc1ccccc1)C(C)(C)C(=O)Nc1cccnc1)c1ccnn1C. The number of benzene rings is 1. The zero-order chi connectivity index (χ0) is 22.3. The summed E-state index contributed by atoms with van der Waals surface area (Å²) in [7, 11) is 1.90. The number of aryl methyl sites for hydroxylation is 1. The van der Waals surface area contributed by atoms with Crippen LogP contribution in [0.5, 0.6) is 0 Å². The van der Waals surface area contributed by atoms with Gasteiger partial charge in [0.25, 0.3) is 0 Å². The smallest absolute Gasteiger partial charge is 0.237 e. The fourth-order valence-electron chi connectivity index (χ4n) is 3.05. The number of aromatic nitrogens is 3. The number of amides is 1. The number of rotatable bonds is 8. The summed E-state index contributed by atoms with van der Waals surface area (Å²) in [6.07, 6.45) is 8.87. The minimum absolute atomic E-state index is 0.175. The summed E-state index contributed by atoms with van der Waals surface area (Å²) in [6, 6.07) is 15.4. The summed E-state index contributed by atoms with van der Waals surface area (Å²) in [6.45, 7) is 6.07. The molecular weight excluding hydrogens is 388 g/mol. The number of ether oxygens (including phenoxy) is 1. The van der Waals surface area contributed by atoms with E-state index in [-0.39, 0.29) is 5.91 Å². The molecule has 0 aliphatic rings. The standard InChI is InChI=1S/C25H28N4O2/c1-19(22-14-16-27-29(22)4)12-13-23(31-18-20-9-6-5-7-10-20)25(2,3)24(30)28-21-11-8-15-26-17-21/h5-17H,18H2,1-4H3,(H,28,30)/b19-12+,23-13+. The number of hydrogen-bond acceptors (Lipinski definition) is 4. The Kier molecular flexibility index (Phi) is 7.03. The number of carbonyl (C=O) groups is 1. The van der Waals surface area contributed by atoms with Crippen molar-refractivity contribution in [2.75, 3.05) is 5.32 Å². The minimum atomic E-state index is -0.909.